The van der Waals surface area contributed by atoms with Crippen LogP contribution in [0.5, 0.6) is 0 Å². The van der Waals surface area contributed by atoms with Gasteiger partial charge in [0, 0.05) is 17.6 Å². The molecule has 1 unspecified atom stereocenters. The van der Waals surface area contributed by atoms with Crippen molar-refractivity contribution in [3.63, 3.8) is 0 Å². The fourth-order valence-electron chi connectivity index (χ4n) is 1.57. The van der Waals surface area contributed by atoms with Gasteiger partial charge in [-0.05, 0) is 37.5 Å². The van der Waals surface area contributed by atoms with Gasteiger partial charge in [0.15, 0.2) is 0 Å². The van der Waals surface area contributed by atoms with E-state index in [0.717, 1.165) is 18.4 Å². The number of benzene rings is 1. The number of rotatable bonds is 5. The summed E-state index contributed by atoms with van der Waals surface area (Å²) < 4.78 is 12.9. The molecule has 5 heteroatoms. The first-order valence-corrected chi connectivity index (χ1v) is 6.42. The molecule has 2 rings (SSSR count). The topological polar surface area (TPSA) is 41.1 Å². The van der Waals surface area contributed by atoms with Gasteiger partial charge < -0.3 is 10.6 Å². The van der Waals surface area contributed by atoms with Crippen molar-refractivity contribution < 1.29 is 9.18 Å². The fourth-order valence-corrected chi connectivity index (χ4v) is 1.81. The van der Waals surface area contributed by atoms with E-state index in [9.17, 15) is 9.18 Å². The Labute approximate surface area is 111 Å². The Bertz CT molecular complexity index is 449. The normalized spacial score (nSPS) is 16.4. The zero-order valence-corrected chi connectivity index (χ0v) is 10.9. The van der Waals surface area contributed by atoms with E-state index in [1.807, 2.05) is 0 Å². The lowest BCUT2D eigenvalue weighted by atomic mass is 10.2. The summed E-state index contributed by atoms with van der Waals surface area (Å²) in [6.07, 6.45) is 2.14. The van der Waals surface area contributed by atoms with E-state index in [1.54, 1.807) is 13.0 Å². The van der Waals surface area contributed by atoms with Crippen molar-refractivity contribution in [2.45, 2.75) is 38.4 Å². The summed E-state index contributed by atoms with van der Waals surface area (Å²) in [4.78, 5) is 11.7. The lowest BCUT2D eigenvalue weighted by molar-refractivity contribution is -0.122. The van der Waals surface area contributed by atoms with Crippen molar-refractivity contribution in [1.29, 1.82) is 0 Å². The van der Waals surface area contributed by atoms with Gasteiger partial charge >= 0.3 is 0 Å². The van der Waals surface area contributed by atoms with Crippen LogP contribution in [0.1, 0.15) is 25.3 Å². The van der Waals surface area contributed by atoms with Crippen LogP contribution in [0, 0.1) is 5.82 Å². The summed E-state index contributed by atoms with van der Waals surface area (Å²) in [6.45, 7) is 2.24. The Hall–Kier alpha value is -1.13. The molecule has 0 spiro atoms. The summed E-state index contributed by atoms with van der Waals surface area (Å²) in [5.41, 5.74) is 0.782. The summed E-state index contributed by atoms with van der Waals surface area (Å²) in [5.74, 6) is -0.362. The predicted octanol–water partition coefficient (Wildman–Crippen LogP) is 2.24. The summed E-state index contributed by atoms with van der Waals surface area (Å²) in [5, 5.41) is 6.36. The van der Waals surface area contributed by atoms with Gasteiger partial charge in [-0.2, -0.15) is 0 Å². The highest BCUT2D eigenvalue weighted by Crippen LogP contribution is 2.19. The standard InChI is InChI=1S/C13H16ClFN2O/c1-8(13(18)17-11-4-5-11)16-7-9-2-3-10(15)6-12(9)14/h2-3,6,8,11,16H,4-5,7H2,1H3,(H,17,18). The van der Waals surface area contributed by atoms with Gasteiger partial charge in [-0.25, -0.2) is 4.39 Å². The van der Waals surface area contributed by atoms with E-state index in [2.05, 4.69) is 10.6 Å². The maximum atomic E-state index is 12.9. The zero-order chi connectivity index (χ0) is 13.1. The molecule has 1 aliphatic carbocycles. The molecule has 0 aromatic heterocycles. The smallest absolute Gasteiger partial charge is 0.237 e. The molecule has 1 aromatic rings. The number of hydrogen-bond acceptors (Lipinski definition) is 2. The Balaban J connectivity index is 1.84. The Kier molecular flexibility index (Phi) is 4.19. The van der Waals surface area contributed by atoms with Crippen LogP contribution in [0.3, 0.4) is 0 Å². The number of amides is 1. The highest BCUT2D eigenvalue weighted by atomic mass is 35.5. The van der Waals surface area contributed by atoms with Crippen LogP contribution in [0.2, 0.25) is 5.02 Å². The third-order valence-corrected chi connectivity index (χ3v) is 3.28. The molecule has 18 heavy (non-hydrogen) atoms. The molecule has 1 aliphatic rings. The van der Waals surface area contributed by atoms with Gasteiger partial charge in [0.25, 0.3) is 0 Å². The van der Waals surface area contributed by atoms with E-state index in [1.165, 1.54) is 12.1 Å². The van der Waals surface area contributed by atoms with Crippen LogP contribution in [0.4, 0.5) is 4.39 Å². The average Bonchev–Trinajstić information content (AvgIpc) is 3.11. The number of carbonyl (C=O) groups excluding carboxylic acids is 1. The SMILES string of the molecule is CC(NCc1ccc(F)cc1Cl)C(=O)NC1CC1. The molecular weight excluding hydrogens is 255 g/mol. The van der Waals surface area contributed by atoms with Gasteiger partial charge in [0.2, 0.25) is 5.91 Å². The lowest BCUT2D eigenvalue weighted by Crippen LogP contribution is -2.42. The van der Waals surface area contributed by atoms with Gasteiger partial charge in [-0.1, -0.05) is 17.7 Å². The number of nitrogens with one attached hydrogen (secondary N) is 2. The maximum absolute atomic E-state index is 12.9. The lowest BCUT2D eigenvalue weighted by Gasteiger charge is -2.14. The van der Waals surface area contributed by atoms with Gasteiger partial charge in [-0.3, -0.25) is 4.79 Å². The minimum absolute atomic E-state index is 0.00395. The highest BCUT2D eigenvalue weighted by Gasteiger charge is 2.25. The van der Waals surface area contributed by atoms with E-state index < -0.39 is 0 Å². The number of carbonyl (C=O) groups is 1. The zero-order valence-electron chi connectivity index (χ0n) is 10.2. The van der Waals surface area contributed by atoms with Crippen LogP contribution in [0.25, 0.3) is 0 Å². The van der Waals surface area contributed by atoms with E-state index in [0.29, 0.717) is 17.6 Å². The van der Waals surface area contributed by atoms with Crippen molar-refractivity contribution in [1.82, 2.24) is 10.6 Å². The summed E-state index contributed by atoms with van der Waals surface area (Å²) in [7, 11) is 0. The number of hydrogen-bond donors (Lipinski definition) is 2. The molecule has 0 saturated heterocycles. The highest BCUT2D eigenvalue weighted by molar-refractivity contribution is 6.31. The first kappa shape index (κ1) is 13.3. The Morgan fingerprint density at radius 2 is 2.28 bits per heavy atom. The van der Waals surface area contributed by atoms with Crippen LogP contribution in [-0.4, -0.2) is 18.0 Å². The molecular formula is C13H16ClFN2O. The second kappa shape index (κ2) is 5.67. The molecule has 2 N–H and O–H groups in total. The quantitative estimate of drug-likeness (QED) is 0.862. The molecule has 1 saturated carbocycles. The first-order chi connectivity index (χ1) is 8.56. The van der Waals surface area contributed by atoms with Gasteiger partial charge in [-0.15, -0.1) is 0 Å². The van der Waals surface area contributed by atoms with Crippen molar-refractivity contribution in [2.24, 2.45) is 0 Å². The average molecular weight is 271 g/mol. The van der Waals surface area contributed by atoms with Crippen LogP contribution >= 0.6 is 11.6 Å². The molecule has 3 nitrogen and oxygen atoms in total. The third kappa shape index (κ3) is 3.68. The maximum Gasteiger partial charge on any atom is 0.237 e. The fraction of sp³-hybridized carbons (Fsp3) is 0.462. The van der Waals surface area contributed by atoms with Crippen LogP contribution in [0.15, 0.2) is 18.2 Å². The molecule has 1 fully saturated rings. The minimum atomic E-state index is -0.358. The van der Waals surface area contributed by atoms with Crippen molar-refractivity contribution in [3.05, 3.63) is 34.6 Å². The minimum Gasteiger partial charge on any atom is -0.352 e. The largest absolute Gasteiger partial charge is 0.352 e. The van der Waals surface area contributed by atoms with Crippen molar-refractivity contribution in [3.8, 4) is 0 Å². The monoisotopic (exact) mass is 270 g/mol. The molecule has 1 aromatic carbocycles. The molecule has 98 valence electrons. The molecule has 1 amide bonds. The predicted molar refractivity (Wildman–Crippen MR) is 68.9 cm³/mol. The second-order valence-electron chi connectivity index (χ2n) is 4.62. The van der Waals surface area contributed by atoms with Crippen LogP contribution in [-0.2, 0) is 11.3 Å². The second-order valence-corrected chi connectivity index (χ2v) is 5.03. The van der Waals surface area contributed by atoms with E-state index in [-0.39, 0.29) is 17.8 Å². The van der Waals surface area contributed by atoms with Crippen molar-refractivity contribution in [2.75, 3.05) is 0 Å². The van der Waals surface area contributed by atoms with Gasteiger partial charge in [0.1, 0.15) is 5.82 Å². The summed E-state index contributed by atoms with van der Waals surface area (Å²) >= 11 is 5.91. The molecule has 0 aliphatic heterocycles. The van der Waals surface area contributed by atoms with Crippen LogP contribution < -0.4 is 10.6 Å². The molecule has 0 bridgehead atoms. The molecule has 1 atom stereocenters. The Morgan fingerprint density at radius 1 is 1.56 bits per heavy atom. The van der Waals surface area contributed by atoms with Crippen molar-refractivity contribution >= 4 is 17.5 Å². The van der Waals surface area contributed by atoms with E-state index in [4.69, 9.17) is 11.6 Å². The summed E-state index contributed by atoms with van der Waals surface area (Å²) in [6, 6.07) is 4.32. The van der Waals surface area contributed by atoms with E-state index >= 15 is 0 Å². The first-order valence-electron chi connectivity index (χ1n) is 6.04. The molecule has 0 heterocycles. The molecule has 0 radical (unpaired) electrons. The third-order valence-electron chi connectivity index (χ3n) is 2.93. The number of halogens is 2. The van der Waals surface area contributed by atoms with Gasteiger partial charge in [0.05, 0.1) is 6.04 Å². The Morgan fingerprint density at radius 3 is 2.89 bits per heavy atom.